The van der Waals surface area contributed by atoms with Crippen LogP contribution >= 0.6 is 24.0 Å². The fourth-order valence-corrected chi connectivity index (χ4v) is 1.40. The van der Waals surface area contributed by atoms with Crippen molar-refractivity contribution in [2.24, 2.45) is 5.73 Å². The molecule has 5 heteroatoms. The van der Waals surface area contributed by atoms with Crippen molar-refractivity contribution >= 4 is 34.9 Å². The van der Waals surface area contributed by atoms with E-state index in [9.17, 15) is 4.79 Å². The molecule has 1 unspecified atom stereocenters. The second kappa shape index (κ2) is 6.25. The third-order valence-corrected chi connectivity index (χ3v) is 1.91. The van der Waals surface area contributed by atoms with Crippen LogP contribution in [-0.4, -0.2) is 28.9 Å². The van der Waals surface area contributed by atoms with E-state index in [-0.39, 0.29) is 11.9 Å². The number of nitrogens with two attached hydrogens (primary N) is 1. The van der Waals surface area contributed by atoms with E-state index in [1.165, 1.54) is 11.8 Å². The molecule has 0 radical (unpaired) electrons. The number of hydrogen-bond donors (Lipinski definition) is 2. The summed E-state index contributed by atoms with van der Waals surface area (Å²) in [6.45, 7) is 1.89. The van der Waals surface area contributed by atoms with Crippen LogP contribution in [0.5, 0.6) is 0 Å². The first-order chi connectivity index (χ1) is 5.56. The van der Waals surface area contributed by atoms with E-state index in [0.717, 1.165) is 0 Å². The number of nitrogens with one attached hydrogen (secondary N) is 1. The Balaban J connectivity index is 3.61. The lowest BCUT2D eigenvalue weighted by Crippen LogP contribution is -2.36. The Bertz CT molecular complexity index is 173. The Labute approximate surface area is 82.5 Å². The van der Waals surface area contributed by atoms with Crippen LogP contribution in [-0.2, 0) is 4.79 Å². The summed E-state index contributed by atoms with van der Waals surface area (Å²) >= 11 is 6.20. The smallest absolute Gasteiger partial charge is 0.230 e. The van der Waals surface area contributed by atoms with Gasteiger partial charge in [0, 0.05) is 12.5 Å². The Morgan fingerprint density at radius 3 is 2.75 bits per heavy atom. The fourth-order valence-electron chi connectivity index (χ4n) is 0.800. The topological polar surface area (TPSA) is 55.1 Å². The molecule has 3 nitrogen and oxygen atoms in total. The molecule has 70 valence electrons. The molecule has 1 amide bonds. The molecule has 0 fully saturated rings. The minimum absolute atomic E-state index is 0.0336. The lowest BCUT2D eigenvalue weighted by Gasteiger charge is -2.11. The van der Waals surface area contributed by atoms with Crippen LogP contribution in [0.3, 0.4) is 0 Å². The Hall–Kier alpha value is -0.290. The average molecular weight is 206 g/mol. The first kappa shape index (κ1) is 11.7. The third kappa shape index (κ3) is 6.42. The predicted molar refractivity (Wildman–Crippen MR) is 57.4 cm³/mol. The SMILES string of the molecule is CSCC(=O)NC(C)CC(N)=S. The summed E-state index contributed by atoms with van der Waals surface area (Å²) in [5.41, 5.74) is 5.32. The van der Waals surface area contributed by atoms with E-state index in [0.29, 0.717) is 17.2 Å². The molecule has 0 aliphatic heterocycles. The summed E-state index contributed by atoms with van der Waals surface area (Å²) in [6.07, 6.45) is 2.45. The van der Waals surface area contributed by atoms with Crippen molar-refractivity contribution in [1.82, 2.24) is 5.32 Å². The van der Waals surface area contributed by atoms with Gasteiger partial charge in [0.2, 0.25) is 5.91 Å². The minimum Gasteiger partial charge on any atom is -0.393 e. The standard InChI is InChI=1S/C7H14N2OS2/c1-5(3-6(8)11)9-7(10)4-12-2/h5H,3-4H2,1-2H3,(H2,8,11)(H,9,10). The van der Waals surface area contributed by atoms with Crippen LogP contribution in [0.2, 0.25) is 0 Å². The number of rotatable bonds is 5. The van der Waals surface area contributed by atoms with Gasteiger partial charge in [-0.25, -0.2) is 0 Å². The van der Waals surface area contributed by atoms with Gasteiger partial charge in [-0.1, -0.05) is 12.2 Å². The molecule has 0 rings (SSSR count). The highest BCUT2D eigenvalue weighted by Crippen LogP contribution is 1.94. The number of thioether (sulfide) groups is 1. The summed E-state index contributed by atoms with van der Waals surface area (Å²) < 4.78 is 0. The summed E-state index contributed by atoms with van der Waals surface area (Å²) in [5, 5.41) is 2.78. The number of thiocarbonyl (C=S) groups is 1. The van der Waals surface area contributed by atoms with Gasteiger partial charge in [0.15, 0.2) is 0 Å². The molecule has 12 heavy (non-hydrogen) atoms. The Morgan fingerprint density at radius 1 is 1.75 bits per heavy atom. The molecule has 0 bridgehead atoms. The number of hydrogen-bond acceptors (Lipinski definition) is 3. The molecule has 0 aromatic carbocycles. The maximum atomic E-state index is 11.0. The van der Waals surface area contributed by atoms with Gasteiger partial charge in [0.25, 0.3) is 0 Å². The summed E-state index contributed by atoms with van der Waals surface area (Å²) in [4.78, 5) is 11.5. The Morgan fingerprint density at radius 2 is 2.33 bits per heavy atom. The second-order valence-electron chi connectivity index (χ2n) is 2.57. The highest BCUT2D eigenvalue weighted by molar-refractivity contribution is 7.99. The average Bonchev–Trinajstić information content (AvgIpc) is 1.84. The molecule has 0 aromatic rings. The van der Waals surface area contributed by atoms with Gasteiger partial charge in [0.05, 0.1) is 10.7 Å². The molecular weight excluding hydrogens is 192 g/mol. The maximum Gasteiger partial charge on any atom is 0.230 e. The number of amides is 1. The van der Waals surface area contributed by atoms with Crippen molar-refractivity contribution in [3.8, 4) is 0 Å². The van der Waals surface area contributed by atoms with E-state index < -0.39 is 0 Å². The quantitative estimate of drug-likeness (QED) is 0.644. The lowest BCUT2D eigenvalue weighted by molar-refractivity contribution is -0.119. The van der Waals surface area contributed by atoms with Crippen LogP contribution in [0, 0.1) is 0 Å². The first-order valence-corrected chi connectivity index (χ1v) is 5.43. The normalized spacial score (nSPS) is 12.2. The molecule has 0 heterocycles. The van der Waals surface area contributed by atoms with Gasteiger partial charge in [-0.3, -0.25) is 4.79 Å². The molecular formula is C7H14N2OS2. The van der Waals surface area contributed by atoms with Gasteiger partial charge in [-0.05, 0) is 13.2 Å². The zero-order chi connectivity index (χ0) is 9.56. The molecule has 3 N–H and O–H groups in total. The Kier molecular flexibility index (Phi) is 6.10. The van der Waals surface area contributed by atoms with Crippen LogP contribution in [0.4, 0.5) is 0 Å². The lowest BCUT2D eigenvalue weighted by atomic mass is 10.2. The molecule has 0 saturated carbocycles. The third-order valence-electron chi connectivity index (χ3n) is 1.19. The highest BCUT2D eigenvalue weighted by Gasteiger charge is 2.06. The summed E-state index contributed by atoms with van der Waals surface area (Å²) in [7, 11) is 0. The van der Waals surface area contributed by atoms with Crippen molar-refractivity contribution in [2.75, 3.05) is 12.0 Å². The van der Waals surface area contributed by atoms with Gasteiger partial charge in [-0.15, -0.1) is 0 Å². The van der Waals surface area contributed by atoms with Crippen molar-refractivity contribution in [2.45, 2.75) is 19.4 Å². The van der Waals surface area contributed by atoms with Crippen LogP contribution < -0.4 is 11.1 Å². The highest BCUT2D eigenvalue weighted by atomic mass is 32.2. The maximum absolute atomic E-state index is 11.0. The molecule has 0 aliphatic rings. The summed E-state index contributed by atoms with van der Waals surface area (Å²) in [5.74, 6) is 0.521. The number of carbonyl (C=O) groups excluding carboxylic acids is 1. The van der Waals surface area contributed by atoms with Crippen LogP contribution in [0.1, 0.15) is 13.3 Å². The second-order valence-corrected chi connectivity index (χ2v) is 3.96. The van der Waals surface area contributed by atoms with Crippen LogP contribution in [0.15, 0.2) is 0 Å². The van der Waals surface area contributed by atoms with Gasteiger partial charge in [-0.2, -0.15) is 11.8 Å². The van der Waals surface area contributed by atoms with Crippen molar-refractivity contribution in [3.05, 3.63) is 0 Å². The zero-order valence-electron chi connectivity index (χ0n) is 7.29. The van der Waals surface area contributed by atoms with E-state index in [1.54, 1.807) is 0 Å². The largest absolute Gasteiger partial charge is 0.393 e. The van der Waals surface area contributed by atoms with E-state index in [2.05, 4.69) is 5.32 Å². The predicted octanol–water partition coefficient (Wildman–Crippen LogP) is 0.530. The summed E-state index contributed by atoms with van der Waals surface area (Å²) in [6, 6.07) is 0.0437. The van der Waals surface area contributed by atoms with E-state index >= 15 is 0 Å². The van der Waals surface area contributed by atoms with E-state index in [4.69, 9.17) is 18.0 Å². The first-order valence-electron chi connectivity index (χ1n) is 3.63. The number of carbonyl (C=O) groups is 1. The zero-order valence-corrected chi connectivity index (χ0v) is 8.93. The van der Waals surface area contributed by atoms with Crippen LogP contribution in [0.25, 0.3) is 0 Å². The van der Waals surface area contributed by atoms with Gasteiger partial charge < -0.3 is 11.1 Å². The van der Waals surface area contributed by atoms with Crippen molar-refractivity contribution < 1.29 is 4.79 Å². The molecule has 1 atom stereocenters. The molecule has 0 aromatic heterocycles. The fraction of sp³-hybridized carbons (Fsp3) is 0.714. The molecule has 0 saturated heterocycles. The van der Waals surface area contributed by atoms with E-state index in [1.807, 2.05) is 13.2 Å². The van der Waals surface area contributed by atoms with Crippen molar-refractivity contribution in [1.29, 1.82) is 0 Å². The van der Waals surface area contributed by atoms with Gasteiger partial charge in [0.1, 0.15) is 0 Å². The molecule has 0 aliphatic carbocycles. The van der Waals surface area contributed by atoms with Crippen molar-refractivity contribution in [3.63, 3.8) is 0 Å². The van der Waals surface area contributed by atoms with Gasteiger partial charge >= 0.3 is 0 Å². The molecule has 0 spiro atoms. The minimum atomic E-state index is 0.0336. The monoisotopic (exact) mass is 206 g/mol.